The van der Waals surface area contributed by atoms with Crippen LogP contribution in [0, 0.1) is 0 Å². The molecule has 0 saturated carbocycles. The summed E-state index contributed by atoms with van der Waals surface area (Å²) in [5.41, 5.74) is 0.318. The fraction of sp³-hybridized carbons (Fsp3) is 0.500. The molecule has 1 heterocycles. The van der Waals surface area contributed by atoms with Crippen molar-refractivity contribution in [1.82, 2.24) is 10.2 Å². The van der Waals surface area contributed by atoms with Crippen LogP contribution < -0.4 is 15.4 Å². The lowest BCUT2D eigenvalue weighted by atomic mass is 10.1. The highest BCUT2D eigenvalue weighted by Crippen LogP contribution is 2.27. The Kier molecular flexibility index (Phi) is 5.04. The van der Waals surface area contributed by atoms with E-state index in [0.29, 0.717) is 29.4 Å². The molecular weight excluding hydrogens is 318 g/mol. The van der Waals surface area contributed by atoms with Crippen LogP contribution in [0.4, 0.5) is 10.5 Å². The van der Waals surface area contributed by atoms with Crippen LogP contribution in [-0.2, 0) is 4.79 Å². The molecule has 1 aliphatic rings. The van der Waals surface area contributed by atoms with Gasteiger partial charge in [-0.15, -0.1) is 0 Å². The number of nitrogens with zero attached hydrogens (tertiary/aromatic N) is 1. The number of halogens is 1. The number of ether oxygens (including phenoxy) is 1. The zero-order valence-corrected chi connectivity index (χ0v) is 14.5. The van der Waals surface area contributed by atoms with Gasteiger partial charge in [0.25, 0.3) is 0 Å². The van der Waals surface area contributed by atoms with Crippen molar-refractivity contribution in [3.05, 3.63) is 23.2 Å². The van der Waals surface area contributed by atoms with Crippen molar-refractivity contribution in [2.75, 3.05) is 19.0 Å². The first kappa shape index (κ1) is 17.4. The molecule has 2 N–H and O–H groups in total. The number of nitrogens with one attached hydrogen (secondary N) is 2. The molecular formula is C16H22ClN3O3. The third kappa shape index (κ3) is 4.28. The van der Waals surface area contributed by atoms with Crippen LogP contribution in [0.5, 0.6) is 5.75 Å². The smallest absolute Gasteiger partial charge is 0.319 e. The average Bonchev–Trinajstić information content (AvgIpc) is 2.79. The van der Waals surface area contributed by atoms with Crippen LogP contribution in [-0.4, -0.2) is 42.1 Å². The summed E-state index contributed by atoms with van der Waals surface area (Å²) < 4.78 is 5.06. The zero-order chi connectivity index (χ0) is 17.2. The molecule has 7 heteroatoms. The quantitative estimate of drug-likeness (QED) is 0.889. The fourth-order valence-electron chi connectivity index (χ4n) is 2.55. The summed E-state index contributed by atoms with van der Waals surface area (Å²) in [4.78, 5) is 25.9. The Bertz CT molecular complexity index is 613. The minimum absolute atomic E-state index is 0.0512. The van der Waals surface area contributed by atoms with E-state index >= 15 is 0 Å². The third-order valence-electron chi connectivity index (χ3n) is 3.68. The molecule has 1 aliphatic heterocycles. The van der Waals surface area contributed by atoms with Crippen LogP contribution >= 0.6 is 11.6 Å². The van der Waals surface area contributed by atoms with E-state index in [4.69, 9.17) is 16.3 Å². The van der Waals surface area contributed by atoms with E-state index in [0.717, 1.165) is 0 Å². The zero-order valence-electron chi connectivity index (χ0n) is 13.8. The summed E-state index contributed by atoms with van der Waals surface area (Å²) in [6.45, 7) is 6.45. The van der Waals surface area contributed by atoms with Crippen molar-refractivity contribution in [3.8, 4) is 5.75 Å². The molecule has 0 radical (unpaired) electrons. The number of amides is 3. The van der Waals surface area contributed by atoms with E-state index in [1.807, 2.05) is 20.8 Å². The van der Waals surface area contributed by atoms with E-state index in [-0.39, 0.29) is 23.5 Å². The molecule has 1 saturated heterocycles. The predicted octanol–water partition coefficient (Wildman–Crippen LogP) is 2.87. The van der Waals surface area contributed by atoms with Crippen molar-refractivity contribution in [2.24, 2.45) is 0 Å². The molecule has 6 nitrogen and oxygen atoms in total. The van der Waals surface area contributed by atoms with Crippen molar-refractivity contribution in [3.63, 3.8) is 0 Å². The highest BCUT2D eigenvalue weighted by molar-refractivity contribution is 6.32. The van der Waals surface area contributed by atoms with E-state index in [1.165, 1.54) is 7.11 Å². The van der Waals surface area contributed by atoms with Crippen LogP contribution in [0.3, 0.4) is 0 Å². The van der Waals surface area contributed by atoms with E-state index in [2.05, 4.69) is 10.6 Å². The van der Waals surface area contributed by atoms with Gasteiger partial charge in [0.05, 0.1) is 18.2 Å². The fourth-order valence-corrected chi connectivity index (χ4v) is 2.81. The number of methoxy groups -OCH3 is 1. The third-order valence-corrected chi connectivity index (χ3v) is 3.98. The minimum Gasteiger partial charge on any atom is -0.495 e. The monoisotopic (exact) mass is 339 g/mol. The van der Waals surface area contributed by atoms with Crippen LogP contribution in [0.1, 0.15) is 27.2 Å². The molecule has 0 aliphatic carbocycles. The minimum atomic E-state index is -0.361. The molecule has 1 atom stereocenters. The Hall–Kier alpha value is -1.95. The lowest BCUT2D eigenvalue weighted by molar-refractivity contribution is -0.131. The molecule has 3 amide bonds. The summed E-state index contributed by atoms with van der Waals surface area (Å²) in [5.74, 6) is 0.593. The molecule has 1 fully saturated rings. The van der Waals surface area contributed by atoms with Gasteiger partial charge in [-0.2, -0.15) is 0 Å². The van der Waals surface area contributed by atoms with Crippen LogP contribution in [0.25, 0.3) is 0 Å². The summed E-state index contributed by atoms with van der Waals surface area (Å²) in [6.07, 6.45) is 0.314. The summed E-state index contributed by atoms with van der Waals surface area (Å²) >= 11 is 6.02. The number of carbonyl (C=O) groups is 2. The summed E-state index contributed by atoms with van der Waals surface area (Å²) in [7, 11) is 1.53. The normalized spacial score (nSPS) is 18.0. The highest BCUT2D eigenvalue weighted by Gasteiger charge is 2.36. The molecule has 1 aromatic carbocycles. The Balaban J connectivity index is 1.93. The van der Waals surface area contributed by atoms with Gasteiger partial charge in [-0.3, -0.25) is 4.79 Å². The van der Waals surface area contributed by atoms with E-state index < -0.39 is 0 Å². The Morgan fingerprint density at radius 3 is 2.61 bits per heavy atom. The number of urea groups is 1. The van der Waals surface area contributed by atoms with Gasteiger partial charge in [-0.1, -0.05) is 11.6 Å². The number of rotatable bonds is 3. The first-order chi connectivity index (χ1) is 10.7. The molecule has 0 spiro atoms. The van der Waals surface area contributed by atoms with Gasteiger partial charge in [-0.05, 0) is 39.0 Å². The molecule has 23 heavy (non-hydrogen) atoms. The van der Waals surface area contributed by atoms with Crippen molar-refractivity contribution < 1.29 is 14.3 Å². The summed E-state index contributed by atoms with van der Waals surface area (Å²) in [6, 6.07) is 4.43. The number of likely N-dealkylation sites (tertiary alicyclic amines) is 1. The first-order valence-corrected chi connectivity index (χ1v) is 7.80. The largest absolute Gasteiger partial charge is 0.495 e. The maximum atomic E-state index is 12.1. The molecule has 1 unspecified atom stereocenters. The second-order valence-electron chi connectivity index (χ2n) is 6.52. The second kappa shape index (κ2) is 6.66. The molecule has 0 aromatic heterocycles. The van der Waals surface area contributed by atoms with Gasteiger partial charge in [0.2, 0.25) is 5.91 Å². The Morgan fingerprint density at radius 1 is 1.39 bits per heavy atom. The van der Waals surface area contributed by atoms with Gasteiger partial charge >= 0.3 is 6.03 Å². The van der Waals surface area contributed by atoms with Crippen LogP contribution in [0.2, 0.25) is 5.02 Å². The SMILES string of the molecule is COc1ccc(NC(=O)NC2CC(=O)N(C(C)(C)C)C2)cc1Cl. The number of carbonyl (C=O) groups excluding carboxylic acids is 2. The van der Waals surface area contributed by atoms with Gasteiger partial charge in [0.15, 0.2) is 0 Å². The van der Waals surface area contributed by atoms with Crippen LogP contribution in [0.15, 0.2) is 18.2 Å². The van der Waals surface area contributed by atoms with Crippen molar-refractivity contribution in [1.29, 1.82) is 0 Å². The standard InChI is InChI=1S/C16H22ClN3O3/c1-16(2,3)20-9-11(8-14(20)21)19-15(22)18-10-5-6-13(23-4)12(17)7-10/h5-7,11H,8-9H2,1-4H3,(H2,18,19,22). The average molecular weight is 340 g/mol. The lowest BCUT2D eigenvalue weighted by Gasteiger charge is -2.32. The molecule has 126 valence electrons. The lowest BCUT2D eigenvalue weighted by Crippen LogP contribution is -2.45. The van der Waals surface area contributed by atoms with Crippen molar-refractivity contribution >= 4 is 29.2 Å². The molecule has 1 aromatic rings. The Labute approximate surface area is 141 Å². The Morgan fingerprint density at radius 2 is 2.09 bits per heavy atom. The highest BCUT2D eigenvalue weighted by atomic mass is 35.5. The second-order valence-corrected chi connectivity index (χ2v) is 6.93. The number of hydrogen-bond donors (Lipinski definition) is 2. The molecule has 0 bridgehead atoms. The maximum absolute atomic E-state index is 12.1. The van der Waals surface area contributed by atoms with Crippen molar-refractivity contribution in [2.45, 2.75) is 38.8 Å². The van der Waals surface area contributed by atoms with Gasteiger partial charge in [0.1, 0.15) is 5.75 Å². The van der Waals surface area contributed by atoms with E-state index in [1.54, 1.807) is 23.1 Å². The van der Waals surface area contributed by atoms with Gasteiger partial charge in [-0.25, -0.2) is 4.79 Å². The van der Waals surface area contributed by atoms with E-state index in [9.17, 15) is 9.59 Å². The predicted molar refractivity (Wildman–Crippen MR) is 90.0 cm³/mol. The number of benzene rings is 1. The van der Waals surface area contributed by atoms with Gasteiger partial charge in [0, 0.05) is 24.2 Å². The topological polar surface area (TPSA) is 70.7 Å². The maximum Gasteiger partial charge on any atom is 0.319 e. The number of anilines is 1. The van der Waals surface area contributed by atoms with Gasteiger partial charge < -0.3 is 20.3 Å². The molecule has 2 rings (SSSR count). The number of hydrogen-bond acceptors (Lipinski definition) is 3. The first-order valence-electron chi connectivity index (χ1n) is 7.42. The summed E-state index contributed by atoms with van der Waals surface area (Å²) in [5, 5.41) is 5.95.